The Hall–Kier alpha value is -2.10. The second-order valence-corrected chi connectivity index (χ2v) is 7.12. The zero-order valence-electron chi connectivity index (χ0n) is 13.2. The summed E-state index contributed by atoms with van der Waals surface area (Å²) in [5, 5.41) is 6.05. The molecule has 0 spiro atoms. The van der Waals surface area contributed by atoms with Crippen LogP contribution in [0.2, 0.25) is 5.02 Å². The number of hydrogen-bond donors (Lipinski definition) is 2. The Balaban J connectivity index is 1.87. The SMILES string of the molecule is O=c1cc(C(F)(F)F)c2ccc(NC(=S)Nc3ccc(Br)cc3Cl)cc2o1. The second kappa shape index (κ2) is 7.49. The average Bonchev–Trinajstić information content (AvgIpc) is 2.55. The van der Waals surface area contributed by atoms with Gasteiger partial charge in [-0.25, -0.2) is 4.79 Å². The highest BCUT2D eigenvalue weighted by Crippen LogP contribution is 2.34. The van der Waals surface area contributed by atoms with Gasteiger partial charge in [0, 0.05) is 27.7 Å². The molecule has 0 aliphatic rings. The Morgan fingerprint density at radius 3 is 2.52 bits per heavy atom. The van der Waals surface area contributed by atoms with Gasteiger partial charge >= 0.3 is 11.8 Å². The van der Waals surface area contributed by atoms with Crippen LogP contribution in [0.1, 0.15) is 5.56 Å². The van der Waals surface area contributed by atoms with Crippen LogP contribution < -0.4 is 16.3 Å². The predicted molar refractivity (Wildman–Crippen MR) is 106 cm³/mol. The highest BCUT2D eigenvalue weighted by atomic mass is 79.9. The van der Waals surface area contributed by atoms with Crippen molar-refractivity contribution in [3.63, 3.8) is 0 Å². The monoisotopic (exact) mass is 476 g/mol. The van der Waals surface area contributed by atoms with Crippen molar-refractivity contribution in [2.45, 2.75) is 6.18 Å². The third-order valence-electron chi connectivity index (χ3n) is 3.49. The summed E-state index contributed by atoms with van der Waals surface area (Å²) in [6.45, 7) is 0. The molecular weight excluding hydrogens is 469 g/mol. The molecule has 4 nitrogen and oxygen atoms in total. The first-order valence-electron chi connectivity index (χ1n) is 7.31. The summed E-state index contributed by atoms with van der Waals surface area (Å²) in [5.41, 5.74) is -1.46. The van der Waals surface area contributed by atoms with E-state index in [9.17, 15) is 18.0 Å². The molecule has 0 unspecified atom stereocenters. The van der Waals surface area contributed by atoms with E-state index in [4.69, 9.17) is 28.2 Å². The van der Waals surface area contributed by atoms with Crippen LogP contribution >= 0.6 is 39.7 Å². The second-order valence-electron chi connectivity index (χ2n) is 5.39. The number of fused-ring (bicyclic) bond motifs is 1. The summed E-state index contributed by atoms with van der Waals surface area (Å²) in [7, 11) is 0. The van der Waals surface area contributed by atoms with Crippen molar-refractivity contribution in [1.29, 1.82) is 0 Å². The van der Waals surface area contributed by atoms with Gasteiger partial charge in [-0.2, -0.15) is 13.2 Å². The molecule has 0 bridgehead atoms. The Kier molecular flexibility index (Phi) is 5.45. The molecule has 10 heteroatoms. The molecule has 0 amide bonds. The summed E-state index contributed by atoms with van der Waals surface area (Å²) in [6.07, 6.45) is -4.67. The molecular formula is C17H9BrClF3N2O2S. The lowest BCUT2D eigenvalue weighted by Gasteiger charge is -2.13. The van der Waals surface area contributed by atoms with Gasteiger partial charge in [0.15, 0.2) is 5.11 Å². The highest BCUT2D eigenvalue weighted by molar-refractivity contribution is 9.10. The number of anilines is 2. The largest absolute Gasteiger partial charge is 0.423 e. The Labute approximate surface area is 169 Å². The van der Waals surface area contributed by atoms with Crippen molar-refractivity contribution in [2.75, 3.05) is 10.6 Å². The quantitative estimate of drug-likeness (QED) is 0.348. The van der Waals surface area contributed by atoms with E-state index in [-0.39, 0.29) is 16.1 Å². The van der Waals surface area contributed by atoms with Gasteiger partial charge in [-0.3, -0.25) is 0 Å². The van der Waals surface area contributed by atoms with Gasteiger partial charge in [0.2, 0.25) is 0 Å². The van der Waals surface area contributed by atoms with E-state index in [1.165, 1.54) is 18.2 Å². The number of alkyl halides is 3. The van der Waals surface area contributed by atoms with Crippen LogP contribution in [0.15, 0.2) is 56.1 Å². The molecule has 1 aromatic heterocycles. The number of benzene rings is 2. The van der Waals surface area contributed by atoms with Gasteiger partial charge < -0.3 is 15.1 Å². The molecule has 0 saturated carbocycles. The first-order valence-corrected chi connectivity index (χ1v) is 8.89. The lowest BCUT2D eigenvalue weighted by Crippen LogP contribution is -2.19. The Morgan fingerprint density at radius 1 is 1.11 bits per heavy atom. The predicted octanol–water partition coefficient (Wildman–Crippen LogP) is 6.04. The molecule has 2 aromatic carbocycles. The Bertz CT molecular complexity index is 1100. The molecule has 0 aliphatic heterocycles. The minimum atomic E-state index is -4.67. The summed E-state index contributed by atoms with van der Waals surface area (Å²) in [6, 6.07) is 9.44. The van der Waals surface area contributed by atoms with E-state index in [0.29, 0.717) is 22.5 Å². The molecule has 1 heterocycles. The standard InChI is InChI=1S/C17H9BrClF3N2O2S/c18-8-1-4-13(12(19)5-8)24-16(27)23-9-2-3-10-11(17(20,21)22)7-15(25)26-14(10)6-9/h1-7H,(H2,23,24,27). The molecule has 0 fully saturated rings. The summed E-state index contributed by atoms with van der Waals surface area (Å²) >= 11 is 14.6. The van der Waals surface area contributed by atoms with E-state index < -0.39 is 17.4 Å². The van der Waals surface area contributed by atoms with Crippen molar-refractivity contribution in [2.24, 2.45) is 0 Å². The normalized spacial score (nSPS) is 11.4. The molecule has 27 heavy (non-hydrogen) atoms. The fourth-order valence-electron chi connectivity index (χ4n) is 2.35. The van der Waals surface area contributed by atoms with Gasteiger partial charge in [-0.05, 0) is 42.5 Å². The molecule has 0 aliphatic carbocycles. The minimum absolute atomic E-state index is 0.160. The lowest BCUT2D eigenvalue weighted by atomic mass is 10.1. The molecule has 3 rings (SSSR count). The minimum Gasteiger partial charge on any atom is -0.423 e. The maximum Gasteiger partial charge on any atom is 0.417 e. The number of nitrogens with one attached hydrogen (secondary N) is 2. The van der Waals surface area contributed by atoms with Crippen LogP contribution in [0, 0.1) is 0 Å². The number of thiocarbonyl (C=S) groups is 1. The zero-order valence-corrected chi connectivity index (χ0v) is 16.3. The van der Waals surface area contributed by atoms with Gasteiger partial charge in [-0.1, -0.05) is 27.5 Å². The topological polar surface area (TPSA) is 54.3 Å². The van der Waals surface area contributed by atoms with Crippen LogP contribution in [0.5, 0.6) is 0 Å². The van der Waals surface area contributed by atoms with E-state index in [1.807, 2.05) is 0 Å². The van der Waals surface area contributed by atoms with E-state index in [0.717, 1.165) is 4.47 Å². The Morgan fingerprint density at radius 2 is 1.85 bits per heavy atom. The average molecular weight is 478 g/mol. The highest BCUT2D eigenvalue weighted by Gasteiger charge is 2.33. The summed E-state index contributed by atoms with van der Waals surface area (Å²) in [4.78, 5) is 11.4. The zero-order chi connectivity index (χ0) is 19.8. The first-order chi connectivity index (χ1) is 12.6. The van der Waals surface area contributed by atoms with E-state index >= 15 is 0 Å². The molecule has 0 saturated heterocycles. The van der Waals surface area contributed by atoms with Gasteiger partial charge in [-0.15, -0.1) is 0 Å². The van der Waals surface area contributed by atoms with Gasteiger partial charge in [0.25, 0.3) is 0 Å². The molecule has 3 aromatic rings. The smallest absolute Gasteiger partial charge is 0.417 e. The van der Waals surface area contributed by atoms with E-state index in [2.05, 4.69) is 26.6 Å². The van der Waals surface area contributed by atoms with Crippen LogP contribution in [0.3, 0.4) is 0 Å². The number of halogens is 5. The summed E-state index contributed by atoms with van der Waals surface area (Å²) < 4.78 is 44.9. The van der Waals surface area contributed by atoms with Crippen molar-refractivity contribution >= 4 is 67.2 Å². The van der Waals surface area contributed by atoms with Crippen molar-refractivity contribution < 1.29 is 17.6 Å². The number of rotatable bonds is 2. The van der Waals surface area contributed by atoms with Crippen LogP contribution in [-0.4, -0.2) is 5.11 Å². The van der Waals surface area contributed by atoms with Crippen molar-refractivity contribution in [3.05, 3.63) is 67.9 Å². The van der Waals surface area contributed by atoms with Crippen molar-refractivity contribution in [3.8, 4) is 0 Å². The fourth-order valence-corrected chi connectivity index (χ4v) is 3.30. The fraction of sp³-hybridized carbons (Fsp3) is 0.0588. The van der Waals surface area contributed by atoms with Crippen LogP contribution in [-0.2, 0) is 6.18 Å². The molecule has 0 radical (unpaired) electrons. The molecule has 140 valence electrons. The molecule has 0 atom stereocenters. The van der Waals surface area contributed by atoms with Crippen LogP contribution in [0.4, 0.5) is 24.5 Å². The van der Waals surface area contributed by atoms with Crippen molar-refractivity contribution in [1.82, 2.24) is 0 Å². The third kappa shape index (κ3) is 4.60. The maximum atomic E-state index is 13.1. The van der Waals surface area contributed by atoms with Gasteiger partial charge in [0.1, 0.15) is 5.58 Å². The van der Waals surface area contributed by atoms with Crippen LogP contribution in [0.25, 0.3) is 11.0 Å². The third-order valence-corrected chi connectivity index (χ3v) is 4.50. The summed E-state index contributed by atoms with van der Waals surface area (Å²) in [5.74, 6) is 0. The number of hydrogen-bond acceptors (Lipinski definition) is 3. The molecule has 2 N–H and O–H groups in total. The maximum absolute atomic E-state index is 13.1. The first kappa shape index (κ1) is 19.7. The lowest BCUT2D eigenvalue weighted by molar-refractivity contribution is -0.136. The van der Waals surface area contributed by atoms with E-state index in [1.54, 1.807) is 18.2 Å². The van der Waals surface area contributed by atoms with Gasteiger partial charge in [0.05, 0.1) is 16.3 Å².